The SMILES string of the molecule is COC(=O)C(NCC=O)C(C)C. The van der Waals surface area contributed by atoms with E-state index in [9.17, 15) is 9.59 Å². The molecular formula is C8H15NO3. The van der Waals surface area contributed by atoms with Gasteiger partial charge in [-0.25, -0.2) is 0 Å². The second kappa shape index (κ2) is 5.71. The minimum Gasteiger partial charge on any atom is -0.468 e. The molecule has 0 fully saturated rings. The minimum atomic E-state index is -0.389. The van der Waals surface area contributed by atoms with Crippen LogP contribution >= 0.6 is 0 Å². The number of esters is 1. The number of aldehydes is 1. The van der Waals surface area contributed by atoms with Crippen molar-refractivity contribution < 1.29 is 14.3 Å². The maximum Gasteiger partial charge on any atom is 0.323 e. The van der Waals surface area contributed by atoms with E-state index in [-0.39, 0.29) is 24.5 Å². The van der Waals surface area contributed by atoms with Crippen LogP contribution in [0.15, 0.2) is 0 Å². The maximum absolute atomic E-state index is 11.1. The summed E-state index contributed by atoms with van der Waals surface area (Å²) in [7, 11) is 1.33. The first-order chi connectivity index (χ1) is 5.63. The lowest BCUT2D eigenvalue weighted by molar-refractivity contribution is -0.144. The minimum absolute atomic E-state index is 0.123. The van der Waals surface area contributed by atoms with Gasteiger partial charge < -0.3 is 9.53 Å². The van der Waals surface area contributed by atoms with E-state index in [0.717, 1.165) is 6.29 Å². The van der Waals surface area contributed by atoms with Gasteiger partial charge >= 0.3 is 5.97 Å². The molecule has 0 aliphatic rings. The Balaban J connectivity index is 4.03. The van der Waals surface area contributed by atoms with Gasteiger partial charge in [-0.3, -0.25) is 10.1 Å². The number of carbonyl (C=O) groups excluding carboxylic acids is 2. The molecule has 70 valence electrons. The lowest BCUT2D eigenvalue weighted by Gasteiger charge is -2.17. The third-order valence-corrected chi connectivity index (χ3v) is 1.54. The van der Waals surface area contributed by atoms with E-state index in [2.05, 4.69) is 10.1 Å². The van der Waals surface area contributed by atoms with E-state index >= 15 is 0 Å². The van der Waals surface area contributed by atoms with Crippen LogP contribution in [0.3, 0.4) is 0 Å². The summed E-state index contributed by atoms with van der Waals surface area (Å²) < 4.78 is 4.55. The van der Waals surface area contributed by atoms with Crippen LogP contribution in [0.4, 0.5) is 0 Å². The molecule has 0 amide bonds. The molecule has 0 aliphatic carbocycles. The van der Waals surface area contributed by atoms with Crippen molar-refractivity contribution in [1.29, 1.82) is 0 Å². The van der Waals surface area contributed by atoms with Crippen LogP contribution < -0.4 is 5.32 Å². The van der Waals surface area contributed by atoms with Crippen LogP contribution in [0.2, 0.25) is 0 Å². The largest absolute Gasteiger partial charge is 0.468 e. The zero-order valence-corrected chi connectivity index (χ0v) is 7.66. The van der Waals surface area contributed by atoms with Crippen molar-refractivity contribution in [2.24, 2.45) is 5.92 Å². The summed E-state index contributed by atoms with van der Waals surface area (Å²) in [5.41, 5.74) is 0. The molecule has 0 aromatic carbocycles. The first kappa shape index (κ1) is 11.1. The van der Waals surface area contributed by atoms with Gasteiger partial charge in [-0.05, 0) is 5.92 Å². The molecule has 1 N–H and O–H groups in total. The number of nitrogens with one attached hydrogen (secondary N) is 1. The van der Waals surface area contributed by atoms with Gasteiger partial charge in [0.15, 0.2) is 0 Å². The molecule has 12 heavy (non-hydrogen) atoms. The zero-order valence-electron chi connectivity index (χ0n) is 7.66. The molecule has 0 heterocycles. The first-order valence-corrected chi connectivity index (χ1v) is 3.88. The fourth-order valence-electron chi connectivity index (χ4n) is 0.893. The fourth-order valence-corrected chi connectivity index (χ4v) is 0.893. The highest BCUT2D eigenvalue weighted by Gasteiger charge is 2.21. The fraction of sp³-hybridized carbons (Fsp3) is 0.750. The highest BCUT2D eigenvalue weighted by atomic mass is 16.5. The molecule has 4 heteroatoms. The summed E-state index contributed by atoms with van der Waals surface area (Å²) >= 11 is 0. The summed E-state index contributed by atoms with van der Waals surface area (Å²) in [6, 6.07) is -0.389. The summed E-state index contributed by atoms with van der Waals surface area (Å²) in [6.45, 7) is 3.96. The Morgan fingerprint density at radius 1 is 1.58 bits per heavy atom. The molecule has 0 aliphatic heterocycles. The molecule has 0 bridgehead atoms. The molecule has 0 saturated heterocycles. The first-order valence-electron chi connectivity index (χ1n) is 3.88. The Hall–Kier alpha value is -0.900. The van der Waals surface area contributed by atoms with Gasteiger partial charge in [-0.1, -0.05) is 13.8 Å². The topological polar surface area (TPSA) is 55.4 Å². The molecule has 0 spiro atoms. The number of rotatable bonds is 5. The number of ether oxygens (including phenoxy) is 1. The van der Waals surface area contributed by atoms with Gasteiger partial charge in [-0.2, -0.15) is 0 Å². The average Bonchev–Trinajstić information content (AvgIpc) is 2.04. The molecule has 1 unspecified atom stereocenters. The van der Waals surface area contributed by atoms with Crippen LogP contribution in [-0.4, -0.2) is 32.0 Å². The molecular weight excluding hydrogens is 158 g/mol. The van der Waals surface area contributed by atoms with Crippen molar-refractivity contribution in [2.75, 3.05) is 13.7 Å². The van der Waals surface area contributed by atoms with Gasteiger partial charge in [0.05, 0.1) is 13.7 Å². The van der Waals surface area contributed by atoms with Crippen molar-refractivity contribution in [3.8, 4) is 0 Å². The number of hydrogen-bond acceptors (Lipinski definition) is 4. The maximum atomic E-state index is 11.1. The Bertz CT molecular complexity index is 156. The molecule has 0 aromatic heterocycles. The number of methoxy groups -OCH3 is 1. The molecule has 0 rings (SSSR count). The second-order valence-corrected chi connectivity index (χ2v) is 2.82. The molecule has 4 nitrogen and oxygen atoms in total. The van der Waals surface area contributed by atoms with Crippen molar-refractivity contribution in [3.05, 3.63) is 0 Å². The Kier molecular flexibility index (Phi) is 5.28. The van der Waals surface area contributed by atoms with E-state index in [1.807, 2.05) is 13.8 Å². The van der Waals surface area contributed by atoms with Gasteiger partial charge in [0.25, 0.3) is 0 Å². The number of hydrogen-bond donors (Lipinski definition) is 1. The Labute approximate surface area is 72.3 Å². The van der Waals surface area contributed by atoms with Crippen LogP contribution in [-0.2, 0) is 14.3 Å². The standard InChI is InChI=1S/C8H15NO3/c1-6(2)7(8(11)12-3)9-4-5-10/h5-7,9H,4H2,1-3H3. The second-order valence-electron chi connectivity index (χ2n) is 2.82. The van der Waals surface area contributed by atoms with E-state index in [1.165, 1.54) is 7.11 Å². The predicted molar refractivity (Wildman–Crippen MR) is 44.7 cm³/mol. The van der Waals surface area contributed by atoms with Gasteiger partial charge in [-0.15, -0.1) is 0 Å². The molecule has 0 aromatic rings. The lowest BCUT2D eigenvalue weighted by atomic mass is 10.1. The van der Waals surface area contributed by atoms with E-state index in [1.54, 1.807) is 0 Å². The Morgan fingerprint density at radius 2 is 2.17 bits per heavy atom. The van der Waals surface area contributed by atoms with Crippen LogP contribution in [0, 0.1) is 5.92 Å². The quantitative estimate of drug-likeness (QED) is 0.468. The molecule has 0 radical (unpaired) electrons. The monoisotopic (exact) mass is 173 g/mol. The van der Waals surface area contributed by atoms with Crippen LogP contribution in [0.25, 0.3) is 0 Å². The lowest BCUT2D eigenvalue weighted by Crippen LogP contribution is -2.42. The summed E-state index contributed by atoms with van der Waals surface area (Å²) in [5, 5.41) is 2.78. The number of carbonyl (C=O) groups is 2. The highest BCUT2D eigenvalue weighted by molar-refractivity contribution is 5.76. The summed E-state index contributed by atoms with van der Waals surface area (Å²) in [6.07, 6.45) is 0.721. The molecule has 1 atom stereocenters. The third kappa shape index (κ3) is 3.48. The van der Waals surface area contributed by atoms with Gasteiger partial charge in [0.2, 0.25) is 0 Å². The van der Waals surface area contributed by atoms with Crippen LogP contribution in [0.5, 0.6) is 0 Å². The predicted octanol–water partition coefficient (Wildman–Crippen LogP) is -0.0275. The third-order valence-electron chi connectivity index (χ3n) is 1.54. The summed E-state index contributed by atoms with van der Waals surface area (Å²) in [5.74, 6) is -0.204. The average molecular weight is 173 g/mol. The van der Waals surface area contributed by atoms with Gasteiger partial charge in [0, 0.05) is 0 Å². The van der Waals surface area contributed by atoms with Crippen LogP contribution in [0.1, 0.15) is 13.8 Å². The van der Waals surface area contributed by atoms with E-state index in [0.29, 0.717) is 0 Å². The zero-order chi connectivity index (χ0) is 9.56. The van der Waals surface area contributed by atoms with Crippen molar-refractivity contribution >= 4 is 12.3 Å². The Morgan fingerprint density at radius 3 is 2.50 bits per heavy atom. The van der Waals surface area contributed by atoms with Crippen molar-refractivity contribution in [3.63, 3.8) is 0 Å². The normalized spacial score (nSPS) is 12.7. The van der Waals surface area contributed by atoms with Crippen molar-refractivity contribution in [2.45, 2.75) is 19.9 Å². The summed E-state index contributed by atoms with van der Waals surface area (Å²) in [4.78, 5) is 21.1. The van der Waals surface area contributed by atoms with Crippen molar-refractivity contribution in [1.82, 2.24) is 5.32 Å². The van der Waals surface area contributed by atoms with E-state index in [4.69, 9.17) is 0 Å². The van der Waals surface area contributed by atoms with E-state index < -0.39 is 0 Å². The highest BCUT2D eigenvalue weighted by Crippen LogP contribution is 2.02. The smallest absolute Gasteiger partial charge is 0.323 e. The molecule has 0 saturated carbocycles. The van der Waals surface area contributed by atoms with Gasteiger partial charge in [0.1, 0.15) is 12.3 Å².